The van der Waals surface area contributed by atoms with Crippen LogP contribution in [-0.4, -0.2) is 37.1 Å². The number of ether oxygens (including phenoxy) is 2. The lowest BCUT2D eigenvalue weighted by atomic mass is 10.1. The molecule has 1 N–H and O–H groups in total. The van der Waals surface area contributed by atoms with Crippen LogP contribution in [0.25, 0.3) is 0 Å². The molecule has 0 bridgehead atoms. The van der Waals surface area contributed by atoms with Gasteiger partial charge in [-0.3, -0.25) is 4.79 Å². The largest absolute Gasteiger partial charge is 0.462 e. The highest BCUT2D eigenvalue weighted by atomic mass is 32.2. The number of benzene rings is 3. The average Bonchev–Trinajstić information content (AvgIpc) is 3.36. The Labute approximate surface area is 222 Å². The summed E-state index contributed by atoms with van der Waals surface area (Å²) < 4.78 is 49.6. The van der Waals surface area contributed by atoms with Crippen LogP contribution in [0.4, 0.5) is 10.1 Å². The second kappa shape index (κ2) is 11.5. The van der Waals surface area contributed by atoms with E-state index in [9.17, 15) is 22.4 Å². The third-order valence-electron chi connectivity index (χ3n) is 5.22. The van der Waals surface area contributed by atoms with Crippen molar-refractivity contribution in [2.45, 2.75) is 23.9 Å². The summed E-state index contributed by atoms with van der Waals surface area (Å²) in [6.45, 7) is 3.46. The van der Waals surface area contributed by atoms with Gasteiger partial charge in [0.1, 0.15) is 17.1 Å². The Morgan fingerprint density at radius 3 is 2.47 bits per heavy atom. The number of nitrogens with zero attached hydrogens (tertiary/aromatic N) is 2. The fourth-order valence-corrected chi connectivity index (χ4v) is 5.61. The number of anilines is 1. The summed E-state index contributed by atoms with van der Waals surface area (Å²) >= 11 is 0.724. The Morgan fingerprint density at radius 1 is 1.03 bits per heavy atom. The molecule has 0 aliphatic carbocycles. The van der Waals surface area contributed by atoms with E-state index in [1.165, 1.54) is 54.6 Å². The molecule has 9 nitrogen and oxygen atoms in total. The molecule has 0 saturated carbocycles. The number of carbonyl (C=O) groups excluding carboxylic acids is 2. The molecule has 3 aromatic carbocycles. The molecular formula is C26H22FN3O6S2. The number of aromatic nitrogens is 2. The number of aryl methyl sites for hydroxylation is 1. The summed E-state index contributed by atoms with van der Waals surface area (Å²) in [5, 5.41) is 10.2. The molecule has 0 unspecified atom stereocenters. The number of carbonyl (C=O) groups is 2. The van der Waals surface area contributed by atoms with Gasteiger partial charge in [0.2, 0.25) is 14.2 Å². The summed E-state index contributed by atoms with van der Waals surface area (Å²) in [6, 6.07) is 16.6. The van der Waals surface area contributed by atoms with Gasteiger partial charge >= 0.3 is 11.2 Å². The van der Waals surface area contributed by atoms with Crippen molar-refractivity contribution in [1.82, 2.24) is 10.2 Å². The lowest BCUT2D eigenvalue weighted by molar-refractivity contribution is 0.0523. The Balaban J connectivity index is 1.43. The van der Waals surface area contributed by atoms with Crippen molar-refractivity contribution in [2.24, 2.45) is 0 Å². The normalized spacial score (nSPS) is 11.1. The number of para-hydroxylation sites is 1. The number of halogens is 1. The number of hydrogen-bond acceptors (Lipinski definition) is 9. The van der Waals surface area contributed by atoms with Crippen LogP contribution in [0, 0.1) is 12.7 Å². The number of nitrogens with one attached hydrogen (secondary N) is 1. The van der Waals surface area contributed by atoms with Crippen LogP contribution in [0.1, 0.15) is 38.8 Å². The van der Waals surface area contributed by atoms with Gasteiger partial charge in [-0.1, -0.05) is 29.4 Å². The molecule has 0 radical (unpaired) electrons. The predicted octanol–water partition coefficient (Wildman–Crippen LogP) is 5.18. The molecule has 4 aromatic rings. The van der Waals surface area contributed by atoms with Gasteiger partial charge in [0.05, 0.1) is 12.4 Å². The second-order valence-corrected chi connectivity index (χ2v) is 11.1. The predicted molar refractivity (Wildman–Crippen MR) is 139 cm³/mol. The molecule has 0 spiro atoms. The number of hydrogen-bond donors (Lipinski definition) is 1. The SMILES string of the molecule is CCOC(=O)c1ccccc1Oc1nnc(S(=O)(=O)Cc2ccc(C(=O)Nc3ccc(F)c(C)c3)cc2)s1. The van der Waals surface area contributed by atoms with Crippen LogP contribution in [0.5, 0.6) is 10.9 Å². The molecule has 0 aliphatic heterocycles. The number of amides is 1. The van der Waals surface area contributed by atoms with Gasteiger partial charge in [-0.25, -0.2) is 17.6 Å². The number of rotatable bonds is 9. The first-order valence-electron chi connectivity index (χ1n) is 11.3. The molecule has 38 heavy (non-hydrogen) atoms. The Morgan fingerprint density at radius 2 is 1.76 bits per heavy atom. The smallest absolute Gasteiger partial charge is 0.341 e. The van der Waals surface area contributed by atoms with E-state index in [1.54, 1.807) is 26.0 Å². The Hall–Kier alpha value is -4.16. The molecule has 12 heteroatoms. The minimum absolute atomic E-state index is 0.0524. The monoisotopic (exact) mass is 555 g/mol. The molecule has 0 saturated heterocycles. The molecule has 1 aromatic heterocycles. The first kappa shape index (κ1) is 26.9. The fraction of sp³-hybridized carbons (Fsp3) is 0.154. The van der Waals surface area contributed by atoms with Crippen molar-refractivity contribution in [3.63, 3.8) is 0 Å². The highest BCUT2D eigenvalue weighted by Gasteiger charge is 2.23. The second-order valence-electron chi connectivity index (χ2n) is 8.03. The zero-order valence-corrected chi connectivity index (χ0v) is 21.9. The average molecular weight is 556 g/mol. The minimum Gasteiger partial charge on any atom is -0.462 e. The lowest BCUT2D eigenvalue weighted by Crippen LogP contribution is -2.12. The van der Waals surface area contributed by atoms with Gasteiger partial charge in [0.25, 0.3) is 5.91 Å². The summed E-state index contributed by atoms with van der Waals surface area (Å²) in [6.07, 6.45) is 0. The van der Waals surface area contributed by atoms with E-state index < -0.39 is 21.7 Å². The standard InChI is InChI=1S/C26H22FN3O6S2/c1-3-35-24(32)20-6-4-5-7-22(20)36-25-29-30-26(37-25)38(33,34)15-17-8-10-18(11-9-17)23(31)28-19-12-13-21(27)16(2)14-19/h4-14H,3,15H2,1-2H3,(H,28,31). The van der Waals surface area contributed by atoms with Gasteiger partial charge in [-0.05, 0) is 78.8 Å². The van der Waals surface area contributed by atoms with Gasteiger partial charge in [0.15, 0.2) is 0 Å². The van der Waals surface area contributed by atoms with E-state index in [0.717, 1.165) is 11.3 Å². The maximum atomic E-state index is 13.4. The van der Waals surface area contributed by atoms with Crippen LogP contribution in [0.2, 0.25) is 0 Å². The summed E-state index contributed by atoms with van der Waals surface area (Å²) in [7, 11) is -3.87. The van der Waals surface area contributed by atoms with Crippen molar-refractivity contribution in [3.05, 3.63) is 94.8 Å². The number of sulfone groups is 1. The molecule has 1 amide bonds. The summed E-state index contributed by atoms with van der Waals surface area (Å²) in [4.78, 5) is 24.6. The van der Waals surface area contributed by atoms with Crippen molar-refractivity contribution in [2.75, 3.05) is 11.9 Å². The summed E-state index contributed by atoms with van der Waals surface area (Å²) in [5.74, 6) is -1.58. The van der Waals surface area contributed by atoms with Crippen molar-refractivity contribution < 1.29 is 31.9 Å². The maximum Gasteiger partial charge on any atom is 0.341 e. The highest BCUT2D eigenvalue weighted by molar-refractivity contribution is 7.92. The quantitative estimate of drug-likeness (QED) is 0.280. The third kappa shape index (κ3) is 6.39. The molecule has 0 atom stereocenters. The molecule has 1 heterocycles. The zero-order chi connectivity index (χ0) is 27.3. The van der Waals surface area contributed by atoms with Crippen LogP contribution in [0.3, 0.4) is 0 Å². The van der Waals surface area contributed by atoms with Gasteiger partial charge in [-0.15, -0.1) is 5.10 Å². The van der Waals surface area contributed by atoms with E-state index >= 15 is 0 Å². The molecule has 0 aliphatic rings. The van der Waals surface area contributed by atoms with E-state index in [4.69, 9.17) is 9.47 Å². The van der Waals surface area contributed by atoms with Gasteiger partial charge in [0, 0.05) is 11.3 Å². The molecular weight excluding hydrogens is 533 g/mol. The summed E-state index contributed by atoms with van der Waals surface area (Å²) in [5.41, 5.74) is 1.76. The first-order chi connectivity index (χ1) is 18.2. The van der Waals surface area contributed by atoms with Crippen LogP contribution >= 0.6 is 11.3 Å². The first-order valence-corrected chi connectivity index (χ1v) is 13.8. The van der Waals surface area contributed by atoms with Crippen molar-refractivity contribution in [1.29, 1.82) is 0 Å². The maximum absolute atomic E-state index is 13.4. The van der Waals surface area contributed by atoms with Gasteiger partial charge in [-0.2, -0.15) is 0 Å². The van der Waals surface area contributed by atoms with Crippen LogP contribution < -0.4 is 10.1 Å². The Kier molecular flexibility index (Phi) is 8.13. The van der Waals surface area contributed by atoms with Gasteiger partial charge < -0.3 is 14.8 Å². The van der Waals surface area contributed by atoms with E-state index in [0.29, 0.717) is 22.4 Å². The highest BCUT2D eigenvalue weighted by Crippen LogP contribution is 2.31. The van der Waals surface area contributed by atoms with E-state index in [-0.39, 0.29) is 39.0 Å². The van der Waals surface area contributed by atoms with Crippen molar-refractivity contribution in [3.8, 4) is 10.9 Å². The number of esters is 1. The minimum atomic E-state index is -3.87. The van der Waals surface area contributed by atoms with E-state index in [1.807, 2.05) is 0 Å². The topological polar surface area (TPSA) is 125 Å². The molecule has 4 rings (SSSR count). The lowest BCUT2D eigenvalue weighted by Gasteiger charge is -2.08. The van der Waals surface area contributed by atoms with Crippen LogP contribution in [-0.2, 0) is 20.3 Å². The van der Waals surface area contributed by atoms with Crippen molar-refractivity contribution >= 4 is 38.7 Å². The Bertz CT molecular complexity index is 1590. The fourth-order valence-electron chi connectivity index (χ4n) is 3.35. The van der Waals surface area contributed by atoms with E-state index in [2.05, 4.69) is 15.5 Å². The zero-order valence-electron chi connectivity index (χ0n) is 20.3. The third-order valence-corrected chi connectivity index (χ3v) is 8.16. The molecule has 196 valence electrons. The van der Waals surface area contributed by atoms with Crippen LogP contribution in [0.15, 0.2) is 71.1 Å². The molecule has 0 fully saturated rings.